The lowest BCUT2D eigenvalue weighted by atomic mass is 9.95. The smallest absolute Gasteiger partial charge is 0.226 e. The third-order valence-electron chi connectivity index (χ3n) is 6.44. The van der Waals surface area contributed by atoms with Crippen molar-refractivity contribution in [3.8, 4) is 0 Å². The molecule has 4 atom stereocenters. The predicted octanol–water partition coefficient (Wildman–Crippen LogP) is 2.16. The zero-order valence-corrected chi connectivity index (χ0v) is 13.2. The van der Waals surface area contributed by atoms with E-state index in [1.54, 1.807) is 0 Å². The Morgan fingerprint density at radius 2 is 1.70 bits per heavy atom. The molecule has 0 spiro atoms. The van der Waals surface area contributed by atoms with Crippen LogP contribution in [0, 0.1) is 35.5 Å². The summed E-state index contributed by atoms with van der Waals surface area (Å²) in [5, 5.41) is 3.27. The molecular weight excluding hydrogens is 272 g/mol. The average Bonchev–Trinajstić information content (AvgIpc) is 2.87. The summed E-state index contributed by atoms with van der Waals surface area (Å²) in [5.74, 6) is 5.21. The third-order valence-corrected chi connectivity index (χ3v) is 6.44. The number of likely N-dealkylation sites (tertiary alicyclic amines) is 1. The fourth-order valence-electron chi connectivity index (χ4n) is 5.51. The summed E-state index contributed by atoms with van der Waals surface area (Å²) in [5.41, 5.74) is 0. The van der Waals surface area contributed by atoms with Crippen LogP contribution >= 0.6 is 12.4 Å². The molecule has 4 unspecified atom stereocenters. The molecule has 1 N–H and O–H groups in total. The molecule has 1 saturated heterocycles. The zero-order chi connectivity index (χ0) is 13.0. The number of carbonyl (C=O) groups excluding carboxylic acids is 1. The number of halogens is 1. The van der Waals surface area contributed by atoms with E-state index in [0.717, 1.165) is 49.2 Å². The maximum atomic E-state index is 12.7. The van der Waals surface area contributed by atoms with Crippen molar-refractivity contribution < 1.29 is 4.79 Å². The molecule has 4 rings (SSSR count). The summed E-state index contributed by atoms with van der Waals surface area (Å²) < 4.78 is 0. The minimum Gasteiger partial charge on any atom is -0.342 e. The lowest BCUT2D eigenvalue weighted by Gasteiger charge is -2.32. The molecule has 0 aromatic heterocycles. The van der Waals surface area contributed by atoms with Crippen LogP contribution in [0.25, 0.3) is 0 Å². The molecule has 4 aliphatic rings. The first kappa shape index (κ1) is 14.6. The second-order valence-corrected chi connectivity index (χ2v) is 7.34. The Morgan fingerprint density at radius 3 is 2.25 bits per heavy atom. The second kappa shape index (κ2) is 5.49. The normalized spacial score (nSPS) is 42.2. The van der Waals surface area contributed by atoms with Crippen molar-refractivity contribution in [2.24, 2.45) is 35.5 Å². The van der Waals surface area contributed by atoms with Crippen molar-refractivity contribution in [3.05, 3.63) is 0 Å². The molecule has 3 saturated carbocycles. The first-order valence-corrected chi connectivity index (χ1v) is 8.23. The highest BCUT2D eigenvalue weighted by Crippen LogP contribution is 2.69. The van der Waals surface area contributed by atoms with E-state index in [0.29, 0.717) is 11.8 Å². The molecule has 2 bridgehead atoms. The van der Waals surface area contributed by atoms with Crippen LogP contribution in [0.4, 0.5) is 0 Å². The average molecular weight is 299 g/mol. The highest BCUT2D eigenvalue weighted by molar-refractivity contribution is 5.85. The SMILES string of the molecule is CNCC1CCN(C(=O)C2C3C4CCC(C4)C23)CC1.Cl. The Kier molecular flexibility index (Phi) is 4.02. The van der Waals surface area contributed by atoms with Crippen molar-refractivity contribution in [3.63, 3.8) is 0 Å². The van der Waals surface area contributed by atoms with Gasteiger partial charge >= 0.3 is 0 Å². The van der Waals surface area contributed by atoms with E-state index in [4.69, 9.17) is 0 Å². The molecule has 3 nitrogen and oxygen atoms in total. The number of amides is 1. The Hall–Kier alpha value is -0.280. The van der Waals surface area contributed by atoms with Gasteiger partial charge < -0.3 is 10.2 Å². The predicted molar refractivity (Wildman–Crippen MR) is 81.8 cm³/mol. The quantitative estimate of drug-likeness (QED) is 0.866. The molecular formula is C16H27ClN2O. The molecule has 4 heteroatoms. The highest BCUT2D eigenvalue weighted by atomic mass is 35.5. The number of nitrogens with zero attached hydrogens (tertiary/aromatic N) is 1. The summed E-state index contributed by atoms with van der Waals surface area (Å²) in [7, 11) is 2.03. The number of hydrogen-bond acceptors (Lipinski definition) is 2. The number of piperidine rings is 1. The Balaban J connectivity index is 0.00000121. The fourth-order valence-corrected chi connectivity index (χ4v) is 5.51. The monoisotopic (exact) mass is 298 g/mol. The zero-order valence-electron chi connectivity index (χ0n) is 12.4. The molecule has 1 aliphatic heterocycles. The molecule has 0 aromatic carbocycles. The highest BCUT2D eigenvalue weighted by Gasteiger charge is 2.67. The van der Waals surface area contributed by atoms with Crippen molar-refractivity contribution in [1.29, 1.82) is 0 Å². The summed E-state index contributed by atoms with van der Waals surface area (Å²) in [6, 6.07) is 0. The molecule has 4 fully saturated rings. The lowest BCUT2D eigenvalue weighted by Crippen LogP contribution is -2.42. The van der Waals surface area contributed by atoms with Crippen LogP contribution in [0.2, 0.25) is 0 Å². The van der Waals surface area contributed by atoms with Crippen molar-refractivity contribution in [2.75, 3.05) is 26.7 Å². The largest absolute Gasteiger partial charge is 0.342 e. The van der Waals surface area contributed by atoms with E-state index >= 15 is 0 Å². The van der Waals surface area contributed by atoms with Gasteiger partial charge in [-0.1, -0.05) is 0 Å². The summed E-state index contributed by atoms with van der Waals surface area (Å²) in [6.07, 6.45) is 6.67. The van der Waals surface area contributed by atoms with Gasteiger partial charge in [-0.2, -0.15) is 0 Å². The molecule has 0 aromatic rings. The lowest BCUT2D eigenvalue weighted by molar-refractivity contribution is -0.135. The molecule has 114 valence electrons. The van der Waals surface area contributed by atoms with Gasteiger partial charge in [0.05, 0.1) is 0 Å². The minimum atomic E-state index is 0. The molecule has 1 heterocycles. The Labute approximate surface area is 128 Å². The molecule has 20 heavy (non-hydrogen) atoms. The topological polar surface area (TPSA) is 32.3 Å². The van der Waals surface area contributed by atoms with Crippen LogP contribution in [0.3, 0.4) is 0 Å². The van der Waals surface area contributed by atoms with Gasteiger partial charge in [0.1, 0.15) is 0 Å². The van der Waals surface area contributed by atoms with E-state index in [1.165, 1.54) is 32.1 Å². The minimum absolute atomic E-state index is 0. The van der Waals surface area contributed by atoms with Gasteiger partial charge in [-0.25, -0.2) is 0 Å². The van der Waals surface area contributed by atoms with Crippen molar-refractivity contribution in [2.45, 2.75) is 32.1 Å². The number of rotatable bonds is 3. The van der Waals surface area contributed by atoms with Gasteiger partial charge in [-0.15, -0.1) is 12.4 Å². The summed E-state index contributed by atoms with van der Waals surface area (Å²) in [4.78, 5) is 14.9. The van der Waals surface area contributed by atoms with Gasteiger partial charge in [0.25, 0.3) is 0 Å². The van der Waals surface area contributed by atoms with Gasteiger partial charge in [-0.3, -0.25) is 4.79 Å². The van der Waals surface area contributed by atoms with Crippen LogP contribution in [0.1, 0.15) is 32.1 Å². The maximum Gasteiger partial charge on any atom is 0.226 e. The summed E-state index contributed by atoms with van der Waals surface area (Å²) >= 11 is 0. The van der Waals surface area contributed by atoms with Crippen LogP contribution in [0.15, 0.2) is 0 Å². The fraction of sp³-hybridized carbons (Fsp3) is 0.938. The van der Waals surface area contributed by atoms with Crippen LogP contribution in [-0.2, 0) is 4.79 Å². The Morgan fingerprint density at radius 1 is 1.10 bits per heavy atom. The number of nitrogens with one attached hydrogen (secondary N) is 1. The first-order chi connectivity index (χ1) is 9.29. The van der Waals surface area contributed by atoms with Gasteiger partial charge in [0, 0.05) is 19.0 Å². The van der Waals surface area contributed by atoms with E-state index in [-0.39, 0.29) is 12.4 Å². The molecule has 1 amide bonds. The van der Waals surface area contributed by atoms with Crippen LogP contribution < -0.4 is 5.32 Å². The number of hydrogen-bond donors (Lipinski definition) is 1. The Bertz CT molecular complexity index is 365. The van der Waals surface area contributed by atoms with E-state index < -0.39 is 0 Å². The standard InChI is InChI=1S/C16H26N2O.ClH/c1-17-9-10-4-6-18(7-5-10)16(19)15-13-11-2-3-12(8-11)14(13)15;/h10-15,17H,2-9H2,1H3;1H. The number of carbonyl (C=O) groups is 1. The molecule has 3 aliphatic carbocycles. The second-order valence-electron chi connectivity index (χ2n) is 7.34. The van der Waals surface area contributed by atoms with Crippen molar-refractivity contribution >= 4 is 18.3 Å². The van der Waals surface area contributed by atoms with Gasteiger partial charge in [-0.05, 0) is 75.3 Å². The first-order valence-electron chi connectivity index (χ1n) is 8.23. The number of fused-ring (bicyclic) bond motifs is 5. The third kappa shape index (κ3) is 2.18. The van der Waals surface area contributed by atoms with E-state index in [1.807, 2.05) is 7.05 Å². The van der Waals surface area contributed by atoms with E-state index in [9.17, 15) is 4.79 Å². The van der Waals surface area contributed by atoms with Gasteiger partial charge in [0.2, 0.25) is 5.91 Å². The van der Waals surface area contributed by atoms with Gasteiger partial charge in [0.15, 0.2) is 0 Å². The van der Waals surface area contributed by atoms with E-state index in [2.05, 4.69) is 10.2 Å². The maximum absolute atomic E-state index is 12.7. The summed E-state index contributed by atoms with van der Waals surface area (Å²) in [6.45, 7) is 3.13. The van der Waals surface area contributed by atoms with Crippen LogP contribution in [-0.4, -0.2) is 37.5 Å². The van der Waals surface area contributed by atoms with Crippen LogP contribution in [0.5, 0.6) is 0 Å². The van der Waals surface area contributed by atoms with Crippen molar-refractivity contribution in [1.82, 2.24) is 10.2 Å². The molecule has 0 radical (unpaired) electrons.